The van der Waals surface area contributed by atoms with Gasteiger partial charge in [0.05, 0.1) is 42.8 Å². The molecule has 1 aromatic rings. The molecule has 4 N–H and O–H groups in total. The summed E-state index contributed by atoms with van der Waals surface area (Å²) in [5.74, 6) is -6.02. The summed E-state index contributed by atoms with van der Waals surface area (Å²) in [6.45, 7) is 12.0. The van der Waals surface area contributed by atoms with Crippen molar-refractivity contribution >= 4 is 35.8 Å². The van der Waals surface area contributed by atoms with Gasteiger partial charge in [-0.25, -0.2) is 14.4 Å². The van der Waals surface area contributed by atoms with Crippen LogP contribution in [-0.2, 0) is 47.6 Å². The fourth-order valence-corrected chi connectivity index (χ4v) is 10.0. The number of aliphatic hydroxyl groups is 3. The van der Waals surface area contributed by atoms with Crippen molar-refractivity contribution in [2.45, 2.75) is 141 Å². The fourth-order valence-electron chi connectivity index (χ4n) is 10.0. The van der Waals surface area contributed by atoms with Crippen LogP contribution in [0.1, 0.15) is 97.9 Å². The molecule has 0 aromatic heterocycles. The predicted octanol–water partition coefficient (Wildman–Crippen LogP) is 3.12. The molecule has 0 spiro atoms. The monoisotopic (exact) mass is 827 g/mol. The Morgan fingerprint density at radius 2 is 1.64 bits per heavy atom. The summed E-state index contributed by atoms with van der Waals surface area (Å²) >= 11 is 0. The standard InChI is InChI=1S/C43H57NO15/c1-21-25(57-37(51)29(47)32(39(3,4)5)44-35(49)23-16-13-17-23)19-43(53)34(58-36(50)24-14-11-10-12-15-24)31-41(8,33(48)30(56-22(2)45)28(21)40(43,6)7)26(46)18-27-42(31,20-55-27)59-38(52)54-9/h10-12,14-15,23,25-27,29-32,34,46-47,53H,13,16-20H2,1-9H3,(H,44,49)/t25-,26-,27+,29+,30+,31-,32+,34-,41+,42-,43+/m0/s1. The third-order valence-corrected chi connectivity index (χ3v) is 13.8. The molecule has 1 aromatic carbocycles. The van der Waals surface area contributed by atoms with Crippen LogP contribution in [0.25, 0.3) is 0 Å². The third-order valence-electron chi connectivity index (χ3n) is 13.8. The van der Waals surface area contributed by atoms with Crippen LogP contribution < -0.4 is 5.32 Å². The van der Waals surface area contributed by atoms with Gasteiger partial charge in [0, 0.05) is 31.1 Å². The molecule has 16 heteroatoms. The van der Waals surface area contributed by atoms with E-state index in [1.807, 2.05) is 0 Å². The van der Waals surface area contributed by atoms with Crippen LogP contribution in [0.2, 0.25) is 0 Å². The Bertz CT molecular complexity index is 1900. The molecule has 5 aliphatic rings. The molecule has 2 bridgehead atoms. The van der Waals surface area contributed by atoms with Crippen molar-refractivity contribution in [3.63, 3.8) is 0 Å². The SMILES string of the molecule is COC(=O)O[C@@]12CO[C@@H]1C[C@H](O)[C@@]1(C)C(=O)[C@H](OC(C)=O)C3=C(C)[C@@H](OC(=O)[C@H](O)[C@@H](NC(=O)C4CCC4)C(C)(C)C)C[C@@](O)([C@@H](OC(=O)c4ccccc4)[C@H]21)C3(C)C. The maximum absolute atomic E-state index is 15.4. The molecule has 11 atom stereocenters. The van der Waals surface area contributed by atoms with E-state index in [9.17, 15) is 39.3 Å². The van der Waals surface area contributed by atoms with Gasteiger partial charge >= 0.3 is 24.1 Å². The molecular weight excluding hydrogens is 770 g/mol. The Kier molecular flexibility index (Phi) is 11.7. The van der Waals surface area contributed by atoms with Gasteiger partial charge in [-0.15, -0.1) is 0 Å². The van der Waals surface area contributed by atoms with Gasteiger partial charge in [0.25, 0.3) is 0 Å². The van der Waals surface area contributed by atoms with E-state index in [1.165, 1.54) is 26.0 Å². The van der Waals surface area contributed by atoms with Crippen molar-refractivity contribution in [1.29, 1.82) is 0 Å². The largest absolute Gasteiger partial charge is 0.508 e. The molecule has 1 amide bonds. The van der Waals surface area contributed by atoms with E-state index in [0.717, 1.165) is 20.5 Å². The van der Waals surface area contributed by atoms with E-state index >= 15 is 4.79 Å². The molecule has 6 rings (SSSR count). The van der Waals surface area contributed by atoms with Crippen LogP contribution in [0.5, 0.6) is 0 Å². The number of carbonyl (C=O) groups is 6. The second kappa shape index (κ2) is 15.6. The van der Waals surface area contributed by atoms with Crippen LogP contribution in [0.4, 0.5) is 4.79 Å². The highest BCUT2D eigenvalue weighted by molar-refractivity contribution is 5.95. The molecule has 324 valence electrons. The lowest BCUT2D eigenvalue weighted by Crippen LogP contribution is -2.82. The Labute approximate surface area is 343 Å². The summed E-state index contributed by atoms with van der Waals surface area (Å²) in [5, 5.41) is 40.1. The van der Waals surface area contributed by atoms with Crippen molar-refractivity contribution in [1.82, 2.24) is 5.32 Å². The number of ketones is 1. The number of ether oxygens (including phenoxy) is 6. The van der Waals surface area contributed by atoms with Gasteiger partial charge in [-0.05, 0) is 55.4 Å². The molecule has 3 saturated carbocycles. The zero-order chi connectivity index (χ0) is 43.6. The molecule has 4 fully saturated rings. The van der Waals surface area contributed by atoms with Crippen molar-refractivity contribution in [3.05, 3.63) is 47.0 Å². The van der Waals surface area contributed by atoms with E-state index in [4.69, 9.17) is 28.4 Å². The molecule has 16 nitrogen and oxygen atoms in total. The number of benzene rings is 1. The molecule has 1 saturated heterocycles. The summed E-state index contributed by atoms with van der Waals surface area (Å²) in [6.07, 6.45) is -9.38. The average molecular weight is 828 g/mol. The lowest BCUT2D eigenvalue weighted by Gasteiger charge is -2.67. The Morgan fingerprint density at radius 1 is 1.00 bits per heavy atom. The number of amides is 1. The van der Waals surface area contributed by atoms with E-state index in [1.54, 1.807) is 52.8 Å². The minimum Gasteiger partial charge on any atom is -0.456 e. The summed E-state index contributed by atoms with van der Waals surface area (Å²) < 4.78 is 35.0. The highest BCUT2D eigenvalue weighted by atomic mass is 16.8. The minimum absolute atomic E-state index is 0.00644. The zero-order valence-electron chi connectivity index (χ0n) is 35.1. The highest BCUT2D eigenvalue weighted by Crippen LogP contribution is 2.64. The van der Waals surface area contributed by atoms with Crippen molar-refractivity contribution < 1.29 is 72.5 Å². The summed E-state index contributed by atoms with van der Waals surface area (Å²) in [7, 11) is 1.07. The van der Waals surface area contributed by atoms with Crippen molar-refractivity contribution in [2.75, 3.05) is 13.7 Å². The highest BCUT2D eigenvalue weighted by Gasteiger charge is 2.78. The minimum atomic E-state index is -2.39. The van der Waals surface area contributed by atoms with Crippen LogP contribution in [0.15, 0.2) is 41.5 Å². The number of rotatable bonds is 9. The first-order valence-corrected chi connectivity index (χ1v) is 20.1. The molecule has 0 unspecified atom stereocenters. The Morgan fingerprint density at radius 3 is 2.17 bits per heavy atom. The van der Waals surface area contributed by atoms with E-state index < -0.39 is 112 Å². The molecule has 1 heterocycles. The summed E-state index contributed by atoms with van der Waals surface area (Å²) in [5.41, 5.74) is -8.58. The van der Waals surface area contributed by atoms with E-state index in [-0.39, 0.29) is 41.6 Å². The first-order valence-electron chi connectivity index (χ1n) is 20.1. The number of nitrogens with one attached hydrogen (secondary N) is 1. The second-order valence-corrected chi connectivity index (χ2v) is 18.6. The normalized spacial score (nSPS) is 34.7. The van der Waals surface area contributed by atoms with Gasteiger partial charge in [-0.2, -0.15) is 0 Å². The Hall–Kier alpha value is -4.38. The zero-order valence-corrected chi connectivity index (χ0v) is 35.1. The van der Waals surface area contributed by atoms with Gasteiger partial charge in [0.15, 0.2) is 23.6 Å². The fraction of sp³-hybridized carbons (Fsp3) is 0.674. The van der Waals surface area contributed by atoms with Gasteiger partial charge in [-0.1, -0.05) is 59.2 Å². The van der Waals surface area contributed by atoms with Crippen LogP contribution in [0.3, 0.4) is 0 Å². The van der Waals surface area contributed by atoms with E-state index in [2.05, 4.69) is 5.32 Å². The Balaban J connectivity index is 1.55. The van der Waals surface area contributed by atoms with Crippen LogP contribution in [-0.4, -0.2) is 119 Å². The summed E-state index contributed by atoms with van der Waals surface area (Å²) in [4.78, 5) is 82.9. The molecular formula is C43H57NO15. The number of Topliss-reactive ketones (excluding diaryl/α,β-unsaturated/α-hetero) is 1. The maximum atomic E-state index is 15.4. The first kappa shape index (κ1) is 44.2. The third kappa shape index (κ3) is 7.23. The van der Waals surface area contributed by atoms with Gasteiger partial charge in [0.1, 0.15) is 23.9 Å². The quantitative estimate of drug-likeness (QED) is 0.159. The van der Waals surface area contributed by atoms with Crippen LogP contribution in [0, 0.1) is 28.1 Å². The first-order chi connectivity index (χ1) is 27.4. The van der Waals surface area contributed by atoms with Gasteiger partial charge in [0.2, 0.25) is 5.91 Å². The lowest BCUT2D eigenvalue weighted by atomic mass is 9.44. The molecule has 59 heavy (non-hydrogen) atoms. The number of aliphatic hydroxyl groups excluding tert-OH is 2. The number of hydrogen-bond acceptors (Lipinski definition) is 15. The van der Waals surface area contributed by atoms with Crippen molar-refractivity contribution in [3.8, 4) is 0 Å². The number of hydrogen-bond donors (Lipinski definition) is 4. The number of esters is 3. The maximum Gasteiger partial charge on any atom is 0.508 e. The number of fused-ring (bicyclic) bond motifs is 5. The van der Waals surface area contributed by atoms with Crippen LogP contribution >= 0.6 is 0 Å². The van der Waals surface area contributed by atoms with E-state index in [0.29, 0.717) is 12.8 Å². The van der Waals surface area contributed by atoms with Crippen molar-refractivity contribution in [2.24, 2.45) is 28.1 Å². The second-order valence-electron chi connectivity index (χ2n) is 18.6. The number of methoxy groups -OCH3 is 1. The van der Waals surface area contributed by atoms with Gasteiger partial charge in [-0.3, -0.25) is 14.4 Å². The topological polar surface area (TPSA) is 231 Å². The number of carbonyl (C=O) groups excluding carboxylic acids is 6. The predicted molar refractivity (Wildman–Crippen MR) is 205 cm³/mol. The molecule has 4 aliphatic carbocycles. The molecule has 0 radical (unpaired) electrons. The summed E-state index contributed by atoms with van der Waals surface area (Å²) in [6, 6.07) is 6.72. The lowest BCUT2D eigenvalue weighted by molar-refractivity contribution is -0.344. The smallest absolute Gasteiger partial charge is 0.456 e. The van der Waals surface area contributed by atoms with Gasteiger partial charge < -0.3 is 49.1 Å². The molecule has 1 aliphatic heterocycles. The average Bonchev–Trinajstić information content (AvgIpc) is 3.13.